The van der Waals surface area contributed by atoms with Gasteiger partial charge in [0.25, 0.3) is 0 Å². The standard InChI is InChI=1S/C9H13NO3/c10-4-9(8(12)13)3-5-1-6(9)2-7(5)11/h5-8,11-13H,1-3H2. The minimum atomic E-state index is -1.57. The first-order valence-electron chi connectivity index (χ1n) is 4.55. The molecule has 0 aromatic heterocycles. The van der Waals surface area contributed by atoms with Crippen molar-refractivity contribution in [2.24, 2.45) is 17.3 Å². The molecule has 2 aliphatic rings. The quantitative estimate of drug-likeness (QED) is 0.483. The summed E-state index contributed by atoms with van der Waals surface area (Å²) in [7, 11) is 0. The van der Waals surface area contributed by atoms with E-state index in [-0.39, 0.29) is 17.9 Å². The van der Waals surface area contributed by atoms with Crippen LogP contribution in [-0.2, 0) is 0 Å². The zero-order chi connectivity index (χ0) is 9.64. The topological polar surface area (TPSA) is 84.5 Å². The lowest BCUT2D eigenvalue weighted by Gasteiger charge is -2.33. The van der Waals surface area contributed by atoms with Crippen LogP contribution in [0.5, 0.6) is 0 Å². The van der Waals surface area contributed by atoms with Crippen LogP contribution in [0.2, 0.25) is 0 Å². The van der Waals surface area contributed by atoms with Gasteiger partial charge in [0, 0.05) is 0 Å². The van der Waals surface area contributed by atoms with E-state index in [2.05, 4.69) is 0 Å². The fourth-order valence-electron chi connectivity index (χ4n) is 2.85. The highest BCUT2D eigenvalue weighted by molar-refractivity contribution is 5.14. The molecule has 3 N–H and O–H groups in total. The van der Waals surface area contributed by atoms with Gasteiger partial charge in [0.2, 0.25) is 0 Å². The average molecular weight is 183 g/mol. The van der Waals surface area contributed by atoms with Crippen molar-refractivity contribution >= 4 is 0 Å². The van der Waals surface area contributed by atoms with Crippen molar-refractivity contribution in [3.63, 3.8) is 0 Å². The smallest absolute Gasteiger partial charge is 0.170 e. The Hall–Kier alpha value is -0.630. The zero-order valence-electron chi connectivity index (χ0n) is 7.22. The van der Waals surface area contributed by atoms with Crippen LogP contribution in [0, 0.1) is 28.6 Å². The second-order valence-electron chi connectivity index (χ2n) is 4.23. The van der Waals surface area contributed by atoms with E-state index >= 15 is 0 Å². The van der Waals surface area contributed by atoms with Crippen molar-refractivity contribution in [3.05, 3.63) is 0 Å². The molecule has 2 rings (SSSR count). The monoisotopic (exact) mass is 183 g/mol. The number of nitriles is 1. The van der Waals surface area contributed by atoms with Crippen LogP contribution in [0.1, 0.15) is 19.3 Å². The number of rotatable bonds is 1. The number of hydrogen-bond acceptors (Lipinski definition) is 4. The molecule has 0 heterocycles. The predicted molar refractivity (Wildman–Crippen MR) is 43.1 cm³/mol. The molecule has 0 aromatic carbocycles. The van der Waals surface area contributed by atoms with Gasteiger partial charge in [-0.1, -0.05) is 0 Å². The van der Waals surface area contributed by atoms with Crippen LogP contribution >= 0.6 is 0 Å². The summed E-state index contributed by atoms with van der Waals surface area (Å²) in [5.74, 6) is 0.0453. The predicted octanol–water partition coefficient (Wildman–Crippen LogP) is -0.402. The van der Waals surface area contributed by atoms with Crippen molar-refractivity contribution in [3.8, 4) is 6.07 Å². The van der Waals surface area contributed by atoms with Crippen molar-refractivity contribution in [2.75, 3.05) is 0 Å². The summed E-state index contributed by atoms with van der Waals surface area (Å²) >= 11 is 0. The summed E-state index contributed by atoms with van der Waals surface area (Å²) in [6.45, 7) is 0. The minimum Gasteiger partial charge on any atom is -0.393 e. The van der Waals surface area contributed by atoms with Crippen LogP contribution in [0.4, 0.5) is 0 Å². The third kappa shape index (κ3) is 1.01. The fourth-order valence-corrected chi connectivity index (χ4v) is 2.85. The minimum absolute atomic E-state index is 0.0440. The summed E-state index contributed by atoms with van der Waals surface area (Å²) < 4.78 is 0. The van der Waals surface area contributed by atoms with Crippen molar-refractivity contribution < 1.29 is 15.3 Å². The number of nitrogens with zero attached hydrogens (tertiary/aromatic N) is 1. The first-order chi connectivity index (χ1) is 6.10. The van der Waals surface area contributed by atoms with Gasteiger partial charge in [-0.3, -0.25) is 0 Å². The van der Waals surface area contributed by atoms with Gasteiger partial charge in [0.15, 0.2) is 6.29 Å². The van der Waals surface area contributed by atoms with Crippen LogP contribution in [0.15, 0.2) is 0 Å². The van der Waals surface area contributed by atoms with Gasteiger partial charge in [-0.2, -0.15) is 5.26 Å². The molecule has 0 radical (unpaired) electrons. The van der Waals surface area contributed by atoms with E-state index in [1.165, 1.54) is 0 Å². The number of fused-ring (bicyclic) bond motifs is 2. The van der Waals surface area contributed by atoms with E-state index in [1.54, 1.807) is 0 Å². The third-order valence-corrected chi connectivity index (χ3v) is 3.65. The zero-order valence-corrected chi connectivity index (χ0v) is 7.22. The van der Waals surface area contributed by atoms with Gasteiger partial charge in [-0.05, 0) is 31.1 Å². The Bertz CT molecular complexity index is 258. The lowest BCUT2D eigenvalue weighted by molar-refractivity contribution is -0.137. The maximum atomic E-state index is 9.46. The molecule has 72 valence electrons. The highest BCUT2D eigenvalue weighted by Crippen LogP contribution is 2.56. The van der Waals surface area contributed by atoms with Crippen molar-refractivity contribution in [1.29, 1.82) is 5.26 Å². The molecule has 4 atom stereocenters. The third-order valence-electron chi connectivity index (χ3n) is 3.65. The van der Waals surface area contributed by atoms with Crippen LogP contribution in [0.3, 0.4) is 0 Å². The Balaban J connectivity index is 2.25. The fraction of sp³-hybridized carbons (Fsp3) is 0.889. The maximum absolute atomic E-state index is 9.46. The SMILES string of the molecule is N#CC1(C(O)O)CC2CC1CC2O. The Morgan fingerprint density at radius 2 is 2.08 bits per heavy atom. The van der Waals surface area contributed by atoms with Crippen LogP contribution in [-0.4, -0.2) is 27.7 Å². The molecule has 0 spiro atoms. The largest absolute Gasteiger partial charge is 0.393 e. The molecule has 0 aliphatic heterocycles. The summed E-state index contributed by atoms with van der Waals surface area (Å²) in [6, 6.07) is 2.02. The Labute approximate surface area is 76.4 Å². The molecule has 0 saturated heterocycles. The van der Waals surface area contributed by atoms with E-state index in [0.717, 1.165) is 6.42 Å². The molecule has 2 fully saturated rings. The highest BCUT2D eigenvalue weighted by Gasteiger charge is 2.58. The average Bonchev–Trinajstić information content (AvgIpc) is 2.60. The van der Waals surface area contributed by atoms with E-state index < -0.39 is 11.7 Å². The Morgan fingerprint density at radius 3 is 2.38 bits per heavy atom. The number of aliphatic hydroxyl groups is 3. The van der Waals surface area contributed by atoms with Gasteiger partial charge >= 0.3 is 0 Å². The molecule has 13 heavy (non-hydrogen) atoms. The molecule has 4 nitrogen and oxygen atoms in total. The molecule has 0 amide bonds. The number of aliphatic hydroxyl groups excluding tert-OH is 2. The van der Waals surface area contributed by atoms with Gasteiger partial charge in [0.1, 0.15) is 5.41 Å². The second-order valence-corrected chi connectivity index (χ2v) is 4.23. The molecule has 4 heteroatoms. The molecule has 4 unspecified atom stereocenters. The second kappa shape index (κ2) is 2.68. The molecule has 2 saturated carbocycles. The normalized spacial score (nSPS) is 48.4. The molecule has 2 aliphatic carbocycles. The lowest BCUT2D eigenvalue weighted by Crippen LogP contribution is -2.41. The summed E-state index contributed by atoms with van der Waals surface area (Å²) in [5, 5.41) is 36.7. The first kappa shape index (κ1) is 8.95. The first-order valence-corrected chi connectivity index (χ1v) is 4.55. The van der Waals surface area contributed by atoms with E-state index in [9.17, 15) is 5.11 Å². The van der Waals surface area contributed by atoms with E-state index in [1.807, 2.05) is 6.07 Å². The number of hydrogen-bond donors (Lipinski definition) is 3. The summed E-state index contributed by atoms with van der Waals surface area (Å²) in [4.78, 5) is 0. The van der Waals surface area contributed by atoms with Gasteiger partial charge in [-0.15, -0.1) is 0 Å². The summed E-state index contributed by atoms with van der Waals surface area (Å²) in [6.07, 6.45) is -0.194. The van der Waals surface area contributed by atoms with Crippen molar-refractivity contribution in [2.45, 2.75) is 31.7 Å². The molecular formula is C9H13NO3. The molecular weight excluding hydrogens is 170 g/mol. The molecule has 0 aromatic rings. The molecule has 2 bridgehead atoms. The van der Waals surface area contributed by atoms with Gasteiger partial charge < -0.3 is 15.3 Å². The Kier molecular flexibility index (Phi) is 1.84. The van der Waals surface area contributed by atoms with E-state index in [0.29, 0.717) is 12.8 Å². The lowest BCUT2D eigenvalue weighted by atomic mass is 9.73. The van der Waals surface area contributed by atoms with Crippen molar-refractivity contribution in [1.82, 2.24) is 0 Å². The van der Waals surface area contributed by atoms with Crippen LogP contribution < -0.4 is 0 Å². The van der Waals surface area contributed by atoms with E-state index in [4.69, 9.17) is 15.5 Å². The summed E-state index contributed by atoms with van der Waals surface area (Å²) in [5.41, 5.74) is -1.01. The van der Waals surface area contributed by atoms with Gasteiger partial charge in [0.05, 0.1) is 12.2 Å². The Morgan fingerprint density at radius 1 is 1.38 bits per heavy atom. The van der Waals surface area contributed by atoms with Crippen LogP contribution in [0.25, 0.3) is 0 Å². The maximum Gasteiger partial charge on any atom is 0.170 e. The van der Waals surface area contributed by atoms with Gasteiger partial charge in [-0.25, -0.2) is 0 Å². The highest BCUT2D eigenvalue weighted by atomic mass is 16.5.